The zero-order chi connectivity index (χ0) is 17.5. The van der Waals surface area contributed by atoms with Crippen LogP contribution in [0, 0.1) is 6.92 Å². The van der Waals surface area contributed by atoms with Crippen molar-refractivity contribution in [3.05, 3.63) is 54.1 Å². The molecule has 6 heteroatoms. The summed E-state index contributed by atoms with van der Waals surface area (Å²) < 4.78 is 0. The van der Waals surface area contributed by atoms with Crippen LogP contribution in [0.5, 0.6) is 0 Å². The summed E-state index contributed by atoms with van der Waals surface area (Å²) in [5.74, 6) is -0.133. The molecule has 4 N–H and O–H groups in total. The van der Waals surface area contributed by atoms with E-state index in [1.54, 1.807) is 38.2 Å². The summed E-state index contributed by atoms with van der Waals surface area (Å²) in [5, 5.41) is 11.2. The van der Waals surface area contributed by atoms with E-state index in [1.165, 1.54) is 0 Å². The zero-order valence-electron chi connectivity index (χ0n) is 14.0. The Morgan fingerprint density at radius 2 is 1.58 bits per heavy atom. The smallest absolute Gasteiger partial charge is 0.323 e. The number of carbonyl (C=O) groups excluding carboxylic acids is 2. The Balaban J connectivity index is 2.04. The Kier molecular flexibility index (Phi) is 5.92. The first-order valence-electron chi connectivity index (χ1n) is 7.71. The Morgan fingerprint density at radius 3 is 2.25 bits per heavy atom. The zero-order valence-corrected chi connectivity index (χ0v) is 14.0. The average molecular weight is 326 g/mol. The predicted molar refractivity (Wildman–Crippen MR) is 97.4 cm³/mol. The highest BCUT2D eigenvalue weighted by molar-refractivity contribution is 6.01. The minimum atomic E-state index is -0.342. The highest BCUT2D eigenvalue weighted by atomic mass is 16.2. The fourth-order valence-electron chi connectivity index (χ4n) is 2.02. The summed E-state index contributed by atoms with van der Waals surface area (Å²) in [4.78, 5) is 24.0. The Labute approximate surface area is 141 Å². The first-order chi connectivity index (χ1) is 11.5. The molecule has 2 aromatic carbocycles. The minimum Gasteiger partial charge on any atom is -0.324 e. The van der Waals surface area contributed by atoms with Gasteiger partial charge in [0.1, 0.15) is 0 Å². The second kappa shape index (κ2) is 8.12. The molecule has 0 radical (unpaired) electrons. The molecule has 0 aromatic heterocycles. The van der Waals surface area contributed by atoms with Crippen molar-refractivity contribution in [3.8, 4) is 0 Å². The van der Waals surface area contributed by atoms with Crippen LogP contribution in [0.2, 0.25) is 0 Å². The van der Waals surface area contributed by atoms with Gasteiger partial charge in [0.2, 0.25) is 5.91 Å². The number of urea groups is 1. The SMILES string of the molecule is CNC(C)C(=O)Nc1cc(NC(=O)Nc2ccccc2)ccc1C. The molecule has 0 spiro atoms. The first-order valence-corrected chi connectivity index (χ1v) is 7.71. The van der Waals surface area contributed by atoms with Crippen molar-refractivity contribution in [3.63, 3.8) is 0 Å². The summed E-state index contributed by atoms with van der Waals surface area (Å²) in [6.07, 6.45) is 0. The molecule has 0 bridgehead atoms. The number of likely N-dealkylation sites (N-methyl/N-ethyl adjacent to an activating group) is 1. The molecule has 2 rings (SSSR count). The molecule has 0 saturated heterocycles. The van der Waals surface area contributed by atoms with Crippen molar-refractivity contribution < 1.29 is 9.59 Å². The van der Waals surface area contributed by atoms with Crippen LogP contribution < -0.4 is 21.3 Å². The monoisotopic (exact) mass is 326 g/mol. The van der Waals surface area contributed by atoms with E-state index in [4.69, 9.17) is 0 Å². The second-order valence-electron chi connectivity index (χ2n) is 5.47. The maximum absolute atomic E-state index is 12.0. The lowest BCUT2D eigenvalue weighted by molar-refractivity contribution is -0.117. The number of anilines is 3. The molecule has 1 unspecified atom stereocenters. The maximum Gasteiger partial charge on any atom is 0.323 e. The van der Waals surface area contributed by atoms with Crippen molar-refractivity contribution in [1.29, 1.82) is 0 Å². The van der Waals surface area contributed by atoms with Gasteiger partial charge in [0, 0.05) is 17.1 Å². The van der Waals surface area contributed by atoms with Crippen LogP contribution in [0.4, 0.5) is 21.9 Å². The van der Waals surface area contributed by atoms with E-state index < -0.39 is 0 Å². The number of benzene rings is 2. The molecule has 0 aliphatic carbocycles. The Hall–Kier alpha value is -2.86. The van der Waals surface area contributed by atoms with Crippen molar-refractivity contribution >= 4 is 29.0 Å². The maximum atomic E-state index is 12.0. The normalized spacial score (nSPS) is 11.5. The summed E-state index contributed by atoms with van der Waals surface area (Å²) in [7, 11) is 1.73. The lowest BCUT2D eigenvalue weighted by Crippen LogP contribution is -2.35. The number of nitrogens with one attached hydrogen (secondary N) is 4. The number of rotatable bonds is 5. The molecule has 126 valence electrons. The van der Waals surface area contributed by atoms with E-state index in [9.17, 15) is 9.59 Å². The van der Waals surface area contributed by atoms with Gasteiger partial charge in [-0.25, -0.2) is 4.79 Å². The lowest BCUT2D eigenvalue weighted by Gasteiger charge is -2.14. The highest BCUT2D eigenvalue weighted by Crippen LogP contribution is 2.21. The average Bonchev–Trinajstić information content (AvgIpc) is 2.57. The van der Waals surface area contributed by atoms with Gasteiger partial charge in [-0.15, -0.1) is 0 Å². The summed E-state index contributed by atoms with van der Waals surface area (Å²) in [5.41, 5.74) is 2.89. The molecule has 0 aliphatic rings. The van der Waals surface area contributed by atoms with Crippen LogP contribution in [0.1, 0.15) is 12.5 Å². The van der Waals surface area contributed by atoms with Gasteiger partial charge in [0.05, 0.1) is 6.04 Å². The number of hydrogen-bond acceptors (Lipinski definition) is 3. The van der Waals surface area contributed by atoms with Gasteiger partial charge in [-0.05, 0) is 50.7 Å². The van der Waals surface area contributed by atoms with E-state index in [1.807, 2.05) is 31.2 Å². The van der Waals surface area contributed by atoms with Crippen LogP contribution in [-0.2, 0) is 4.79 Å². The van der Waals surface area contributed by atoms with Gasteiger partial charge >= 0.3 is 6.03 Å². The van der Waals surface area contributed by atoms with E-state index in [0.29, 0.717) is 17.1 Å². The number of amides is 3. The largest absolute Gasteiger partial charge is 0.324 e. The van der Waals surface area contributed by atoms with Crippen LogP contribution in [0.15, 0.2) is 48.5 Å². The van der Waals surface area contributed by atoms with Crippen molar-refractivity contribution in [2.45, 2.75) is 19.9 Å². The molecule has 0 saturated carbocycles. The van der Waals surface area contributed by atoms with Gasteiger partial charge in [0.25, 0.3) is 0 Å². The third-order valence-electron chi connectivity index (χ3n) is 3.61. The van der Waals surface area contributed by atoms with Crippen LogP contribution in [-0.4, -0.2) is 25.0 Å². The molecular weight excluding hydrogens is 304 g/mol. The summed E-state index contributed by atoms with van der Waals surface area (Å²) in [6.45, 7) is 3.67. The molecule has 0 fully saturated rings. The number of hydrogen-bond donors (Lipinski definition) is 4. The third kappa shape index (κ3) is 4.82. The Bertz CT molecular complexity index is 716. The van der Waals surface area contributed by atoms with Crippen LogP contribution >= 0.6 is 0 Å². The van der Waals surface area contributed by atoms with Gasteiger partial charge < -0.3 is 21.3 Å². The van der Waals surface area contributed by atoms with E-state index >= 15 is 0 Å². The van der Waals surface area contributed by atoms with Crippen molar-refractivity contribution in [2.24, 2.45) is 0 Å². The van der Waals surface area contributed by atoms with E-state index in [-0.39, 0.29) is 18.0 Å². The quantitative estimate of drug-likeness (QED) is 0.681. The molecular formula is C18H22N4O2. The number of aryl methyl sites for hydroxylation is 1. The summed E-state index contributed by atoms with van der Waals surface area (Å²) in [6, 6.07) is 13.9. The topological polar surface area (TPSA) is 82.3 Å². The molecule has 3 amide bonds. The fraction of sp³-hybridized carbons (Fsp3) is 0.222. The van der Waals surface area contributed by atoms with Gasteiger partial charge in [-0.3, -0.25) is 4.79 Å². The second-order valence-corrected chi connectivity index (χ2v) is 5.47. The number of carbonyl (C=O) groups is 2. The molecule has 0 aliphatic heterocycles. The molecule has 2 aromatic rings. The minimum absolute atomic E-state index is 0.133. The van der Waals surface area contributed by atoms with Gasteiger partial charge in [0.15, 0.2) is 0 Å². The molecule has 24 heavy (non-hydrogen) atoms. The van der Waals surface area contributed by atoms with Gasteiger partial charge in [-0.2, -0.15) is 0 Å². The van der Waals surface area contributed by atoms with Crippen LogP contribution in [0.3, 0.4) is 0 Å². The summed E-state index contributed by atoms with van der Waals surface area (Å²) >= 11 is 0. The van der Waals surface area contributed by atoms with E-state index in [2.05, 4.69) is 21.3 Å². The molecule has 0 heterocycles. The van der Waals surface area contributed by atoms with Crippen LogP contribution in [0.25, 0.3) is 0 Å². The van der Waals surface area contributed by atoms with Gasteiger partial charge in [-0.1, -0.05) is 24.3 Å². The predicted octanol–water partition coefficient (Wildman–Crippen LogP) is 3.19. The third-order valence-corrected chi connectivity index (χ3v) is 3.61. The van der Waals surface area contributed by atoms with Crippen molar-refractivity contribution in [1.82, 2.24) is 5.32 Å². The van der Waals surface area contributed by atoms with E-state index in [0.717, 1.165) is 5.56 Å². The number of para-hydroxylation sites is 1. The first kappa shape index (κ1) is 17.5. The van der Waals surface area contributed by atoms with Crippen molar-refractivity contribution in [2.75, 3.05) is 23.0 Å². The Morgan fingerprint density at radius 1 is 0.917 bits per heavy atom. The standard InChI is InChI=1S/C18H22N4O2/c1-12-9-10-15(11-16(12)22-17(23)13(2)19-3)21-18(24)20-14-7-5-4-6-8-14/h4-11,13,19H,1-3H3,(H,22,23)(H2,20,21,24). The fourth-order valence-corrected chi connectivity index (χ4v) is 2.02. The molecule has 6 nitrogen and oxygen atoms in total. The lowest BCUT2D eigenvalue weighted by atomic mass is 10.1. The highest BCUT2D eigenvalue weighted by Gasteiger charge is 2.12. The molecule has 1 atom stereocenters.